The summed E-state index contributed by atoms with van der Waals surface area (Å²) < 4.78 is 20.7. The summed E-state index contributed by atoms with van der Waals surface area (Å²) in [6.07, 6.45) is 1.91. The molecule has 0 N–H and O–H groups in total. The topological polar surface area (TPSA) is 84.1 Å². The number of esters is 1. The van der Waals surface area contributed by atoms with E-state index in [0.717, 1.165) is 39.5 Å². The Morgan fingerprint density at radius 3 is 2.58 bits per heavy atom. The molecule has 2 aliphatic heterocycles. The molecule has 2 aliphatic rings. The summed E-state index contributed by atoms with van der Waals surface area (Å²) in [6.45, 7) is 10.1. The quantitative estimate of drug-likeness (QED) is 0.344. The first-order valence-electron chi connectivity index (χ1n) is 13.1. The molecule has 1 atom stereocenters. The number of rotatable bonds is 5. The molecule has 4 heterocycles. The first-order valence-corrected chi connectivity index (χ1v) is 13.9. The van der Waals surface area contributed by atoms with E-state index in [2.05, 4.69) is 15.6 Å². The van der Waals surface area contributed by atoms with E-state index in [4.69, 9.17) is 14.2 Å². The summed E-state index contributed by atoms with van der Waals surface area (Å²) in [5.74, 6) is 0.979. The van der Waals surface area contributed by atoms with Crippen LogP contribution in [0.5, 0.6) is 11.5 Å². The lowest BCUT2D eigenvalue weighted by Crippen LogP contribution is -2.39. The monoisotopic (exact) mass is 555 g/mol. The van der Waals surface area contributed by atoms with Gasteiger partial charge in [0.1, 0.15) is 0 Å². The van der Waals surface area contributed by atoms with Crippen molar-refractivity contribution in [3.63, 3.8) is 0 Å². The Hall–Kier alpha value is -4.37. The molecule has 204 valence electrons. The molecule has 0 bridgehead atoms. The van der Waals surface area contributed by atoms with Gasteiger partial charge in [0.25, 0.3) is 5.56 Å². The van der Waals surface area contributed by atoms with Gasteiger partial charge < -0.3 is 18.8 Å². The van der Waals surface area contributed by atoms with Gasteiger partial charge in [-0.05, 0) is 70.0 Å². The van der Waals surface area contributed by atoms with Crippen LogP contribution in [0.2, 0.25) is 0 Å². The Morgan fingerprint density at radius 1 is 1.07 bits per heavy atom. The molecular weight excluding hydrogens is 526 g/mol. The van der Waals surface area contributed by atoms with Crippen molar-refractivity contribution in [1.82, 2.24) is 9.13 Å². The predicted molar refractivity (Wildman–Crippen MR) is 153 cm³/mol. The number of ether oxygens (including phenoxy) is 3. The molecule has 40 heavy (non-hydrogen) atoms. The summed E-state index contributed by atoms with van der Waals surface area (Å²) in [5, 5.41) is 0. The highest BCUT2D eigenvalue weighted by atomic mass is 32.1. The highest BCUT2D eigenvalue weighted by molar-refractivity contribution is 7.07. The van der Waals surface area contributed by atoms with E-state index in [9.17, 15) is 9.59 Å². The molecule has 2 aromatic carbocycles. The number of hydrogen-bond donors (Lipinski definition) is 0. The van der Waals surface area contributed by atoms with Gasteiger partial charge in [-0.25, -0.2) is 9.79 Å². The highest BCUT2D eigenvalue weighted by Gasteiger charge is 2.33. The Labute approximate surface area is 235 Å². The highest BCUT2D eigenvalue weighted by Crippen LogP contribution is 2.35. The molecule has 0 saturated heterocycles. The molecule has 2 aromatic heterocycles. The van der Waals surface area contributed by atoms with E-state index in [1.54, 1.807) is 18.4 Å². The first kappa shape index (κ1) is 25.9. The molecular formula is C31H29N3O5S. The van der Waals surface area contributed by atoms with Crippen molar-refractivity contribution in [3.05, 3.63) is 108 Å². The molecule has 0 radical (unpaired) electrons. The molecule has 0 saturated carbocycles. The van der Waals surface area contributed by atoms with Gasteiger partial charge in [0, 0.05) is 23.1 Å². The fourth-order valence-corrected chi connectivity index (χ4v) is 6.39. The first-order chi connectivity index (χ1) is 19.3. The molecule has 4 aromatic rings. The van der Waals surface area contributed by atoms with Crippen molar-refractivity contribution >= 4 is 23.4 Å². The Bertz CT molecular complexity index is 1880. The van der Waals surface area contributed by atoms with Crippen LogP contribution in [0.3, 0.4) is 0 Å². The van der Waals surface area contributed by atoms with Crippen molar-refractivity contribution in [2.75, 3.05) is 13.4 Å². The number of fused-ring (bicyclic) bond motifs is 2. The van der Waals surface area contributed by atoms with Crippen LogP contribution in [-0.4, -0.2) is 28.5 Å². The van der Waals surface area contributed by atoms with Gasteiger partial charge in [-0.1, -0.05) is 41.2 Å². The van der Waals surface area contributed by atoms with E-state index < -0.39 is 12.0 Å². The fourth-order valence-electron chi connectivity index (χ4n) is 5.35. The van der Waals surface area contributed by atoms with Crippen LogP contribution in [0.4, 0.5) is 0 Å². The smallest absolute Gasteiger partial charge is 0.338 e. The van der Waals surface area contributed by atoms with Gasteiger partial charge in [0.2, 0.25) is 6.79 Å². The molecule has 0 spiro atoms. The summed E-state index contributed by atoms with van der Waals surface area (Å²) in [4.78, 5) is 32.3. The predicted octanol–water partition coefficient (Wildman–Crippen LogP) is 4.24. The Kier molecular flexibility index (Phi) is 6.46. The van der Waals surface area contributed by atoms with Crippen LogP contribution in [0, 0.1) is 20.8 Å². The van der Waals surface area contributed by atoms with E-state index in [1.807, 2.05) is 69.3 Å². The van der Waals surface area contributed by atoms with Crippen molar-refractivity contribution in [2.45, 2.75) is 40.7 Å². The maximum Gasteiger partial charge on any atom is 0.338 e. The Morgan fingerprint density at radius 2 is 1.82 bits per heavy atom. The van der Waals surface area contributed by atoms with Crippen LogP contribution in [0.15, 0.2) is 69.6 Å². The molecule has 0 aliphatic carbocycles. The summed E-state index contributed by atoms with van der Waals surface area (Å²) in [7, 11) is 0. The minimum absolute atomic E-state index is 0.198. The lowest BCUT2D eigenvalue weighted by atomic mass is 9.95. The minimum Gasteiger partial charge on any atom is -0.463 e. The lowest BCUT2D eigenvalue weighted by Gasteiger charge is -2.24. The largest absolute Gasteiger partial charge is 0.463 e. The zero-order valence-electron chi connectivity index (χ0n) is 23.0. The maximum atomic E-state index is 14.0. The molecule has 9 heteroatoms. The van der Waals surface area contributed by atoms with E-state index >= 15 is 0 Å². The number of nitrogens with zero attached hydrogens (tertiary/aromatic N) is 3. The minimum atomic E-state index is -0.626. The molecule has 6 rings (SSSR count). The average molecular weight is 556 g/mol. The third-order valence-electron chi connectivity index (χ3n) is 7.28. The van der Waals surface area contributed by atoms with E-state index in [1.165, 1.54) is 11.3 Å². The van der Waals surface area contributed by atoms with E-state index in [-0.39, 0.29) is 19.0 Å². The van der Waals surface area contributed by atoms with Crippen LogP contribution in [0.1, 0.15) is 48.0 Å². The fraction of sp³-hybridized carbons (Fsp3) is 0.258. The van der Waals surface area contributed by atoms with Gasteiger partial charge in [0.15, 0.2) is 16.3 Å². The number of aryl methyl sites for hydroxylation is 2. The third kappa shape index (κ3) is 4.26. The van der Waals surface area contributed by atoms with Crippen LogP contribution < -0.4 is 24.4 Å². The summed E-state index contributed by atoms with van der Waals surface area (Å²) in [5.41, 5.74) is 6.54. The summed E-state index contributed by atoms with van der Waals surface area (Å²) in [6, 6.07) is 15.2. The number of hydrogen-bond acceptors (Lipinski definition) is 7. The van der Waals surface area contributed by atoms with E-state index in [0.29, 0.717) is 26.4 Å². The standard InChI is InChI=1S/C31H29N3O5S/c1-6-37-30(36)27-19(4)32-31-34(28(27)21-9-7-17(2)8-10-21)29(35)26(40-31)14-22-13-18(3)33(20(22)5)23-11-12-24-25(15-23)39-16-38-24/h7-15,28H,6,16H2,1-5H3/b26-14+/t28-/m1/s1. The molecule has 8 nitrogen and oxygen atoms in total. The maximum absolute atomic E-state index is 14.0. The molecule has 0 unspecified atom stereocenters. The number of aromatic nitrogens is 2. The van der Waals surface area contributed by atoms with Crippen LogP contribution in [-0.2, 0) is 9.53 Å². The second-order valence-electron chi connectivity index (χ2n) is 9.91. The van der Waals surface area contributed by atoms with Crippen molar-refractivity contribution in [2.24, 2.45) is 4.99 Å². The number of carbonyl (C=O) groups excluding carboxylic acids is 1. The number of benzene rings is 2. The van der Waals surface area contributed by atoms with Crippen molar-refractivity contribution < 1.29 is 19.0 Å². The van der Waals surface area contributed by atoms with Gasteiger partial charge in [-0.2, -0.15) is 0 Å². The summed E-state index contributed by atoms with van der Waals surface area (Å²) >= 11 is 1.32. The Balaban J connectivity index is 1.49. The molecule has 0 fully saturated rings. The van der Waals surface area contributed by atoms with Crippen LogP contribution >= 0.6 is 11.3 Å². The third-order valence-corrected chi connectivity index (χ3v) is 8.26. The van der Waals surface area contributed by atoms with Gasteiger partial charge >= 0.3 is 5.97 Å². The van der Waals surface area contributed by atoms with Gasteiger partial charge in [-0.3, -0.25) is 9.36 Å². The van der Waals surface area contributed by atoms with Crippen molar-refractivity contribution in [1.29, 1.82) is 0 Å². The number of carbonyl (C=O) groups is 1. The normalized spacial score (nSPS) is 16.2. The number of thiazole rings is 1. The van der Waals surface area contributed by atoms with Crippen LogP contribution in [0.25, 0.3) is 11.8 Å². The number of allylic oxidation sites excluding steroid dienone is 1. The zero-order chi connectivity index (χ0) is 28.1. The second-order valence-corrected chi connectivity index (χ2v) is 10.9. The van der Waals surface area contributed by atoms with Crippen molar-refractivity contribution in [3.8, 4) is 17.2 Å². The SMILES string of the molecule is CCOC(=O)C1=C(C)N=c2s/c(=C/c3cc(C)n(-c4ccc5c(c4)OCO5)c3C)c(=O)n2[C@@H]1c1ccc(C)cc1. The average Bonchev–Trinajstić information content (AvgIpc) is 3.59. The molecule has 0 amide bonds. The van der Waals surface area contributed by atoms with Gasteiger partial charge in [0.05, 0.1) is 28.5 Å². The zero-order valence-corrected chi connectivity index (χ0v) is 23.8. The second kappa shape index (κ2) is 9.98. The lowest BCUT2D eigenvalue weighted by molar-refractivity contribution is -0.139. The van der Waals surface area contributed by atoms with Gasteiger partial charge in [-0.15, -0.1) is 0 Å².